The third-order valence-corrected chi connectivity index (χ3v) is 5.19. The molecule has 0 aliphatic carbocycles. The van der Waals surface area contributed by atoms with Crippen molar-refractivity contribution in [3.05, 3.63) is 90.1 Å². The third kappa shape index (κ3) is 4.30. The van der Waals surface area contributed by atoms with E-state index in [-0.39, 0.29) is 5.91 Å². The summed E-state index contributed by atoms with van der Waals surface area (Å²) in [6.07, 6.45) is 2.79. The van der Waals surface area contributed by atoms with Crippen LogP contribution in [0.3, 0.4) is 0 Å². The Hall–Kier alpha value is -3.73. The zero-order chi connectivity index (χ0) is 20.9. The van der Waals surface area contributed by atoms with Gasteiger partial charge in [-0.2, -0.15) is 0 Å². The number of hydrogen-bond acceptors (Lipinski definition) is 3. The number of carbonyl (C=O) groups excluding carboxylic acids is 1. The number of para-hydroxylation sites is 2. The van der Waals surface area contributed by atoms with Crippen LogP contribution < -0.4 is 15.5 Å². The van der Waals surface area contributed by atoms with Gasteiger partial charge in [-0.25, -0.2) is 0 Å². The van der Waals surface area contributed by atoms with Crippen LogP contribution in [0, 0.1) is 0 Å². The molecule has 0 aliphatic rings. The lowest BCUT2D eigenvalue weighted by Crippen LogP contribution is -2.26. The average Bonchev–Trinajstić information content (AvgIpc) is 3.17. The summed E-state index contributed by atoms with van der Waals surface area (Å²) in [6, 6.07) is 23.9. The van der Waals surface area contributed by atoms with Crippen LogP contribution in [-0.4, -0.2) is 31.5 Å². The molecule has 1 amide bonds. The molecule has 0 fully saturated rings. The second-order valence-corrected chi connectivity index (χ2v) is 7.48. The minimum Gasteiger partial charge on any atom is -0.378 e. The number of rotatable bonds is 7. The fourth-order valence-corrected chi connectivity index (χ4v) is 3.53. The Labute approximate surface area is 176 Å². The van der Waals surface area contributed by atoms with Crippen LogP contribution in [0.25, 0.3) is 10.9 Å². The number of nitrogens with one attached hydrogen (secondary N) is 3. The monoisotopic (exact) mass is 398 g/mol. The molecule has 0 atom stereocenters. The Morgan fingerprint density at radius 3 is 2.47 bits per heavy atom. The molecular formula is C25H26N4O. The number of anilines is 3. The fraction of sp³-hybridized carbons (Fsp3) is 0.160. The summed E-state index contributed by atoms with van der Waals surface area (Å²) in [5.41, 5.74) is 5.82. The molecule has 152 valence electrons. The van der Waals surface area contributed by atoms with E-state index in [4.69, 9.17) is 0 Å². The average molecular weight is 399 g/mol. The molecule has 30 heavy (non-hydrogen) atoms. The van der Waals surface area contributed by atoms with Crippen molar-refractivity contribution in [3.8, 4) is 0 Å². The van der Waals surface area contributed by atoms with Gasteiger partial charge in [-0.1, -0.05) is 30.3 Å². The molecule has 0 spiro atoms. The number of amides is 1. The number of H-pyrrole nitrogens is 1. The van der Waals surface area contributed by atoms with Gasteiger partial charge in [-0.3, -0.25) is 4.79 Å². The van der Waals surface area contributed by atoms with Crippen LogP contribution in [0.15, 0.2) is 79.0 Å². The van der Waals surface area contributed by atoms with Crippen molar-refractivity contribution in [3.63, 3.8) is 0 Å². The van der Waals surface area contributed by atoms with Gasteiger partial charge >= 0.3 is 0 Å². The zero-order valence-corrected chi connectivity index (χ0v) is 17.3. The molecule has 0 radical (unpaired) electrons. The minimum absolute atomic E-state index is 0.0807. The Kier molecular flexibility index (Phi) is 5.70. The predicted molar refractivity (Wildman–Crippen MR) is 125 cm³/mol. The zero-order valence-electron chi connectivity index (χ0n) is 17.3. The highest BCUT2D eigenvalue weighted by atomic mass is 16.1. The first kappa shape index (κ1) is 19.6. The summed E-state index contributed by atoms with van der Waals surface area (Å²) in [7, 11) is 4.02. The Morgan fingerprint density at radius 1 is 0.933 bits per heavy atom. The van der Waals surface area contributed by atoms with E-state index in [1.54, 1.807) is 0 Å². The summed E-state index contributed by atoms with van der Waals surface area (Å²) in [5.74, 6) is -0.0807. The summed E-state index contributed by atoms with van der Waals surface area (Å²) >= 11 is 0. The normalized spacial score (nSPS) is 10.7. The maximum absolute atomic E-state index is 12.8. The highest BCUT2D eigenvalue weighted by molar-refractivity contribution is 6.00. The number of nitrogens with zero attached hydrogens (tertiary/aromatic N) is 1. The molecule has 3 N–H and O–H groups in total. The van der Waals surface area contributed by atoms with Gasteiger partial charge in [0.1, 0.15) is 0 Å². The van der Waals surface area contributed by atoms with Gasteiger partial charge in [-0.05, 0) is 54.4 Å². The molecule has 5 heteroatoms. The van der Waals surface area contributed by atoms with Gasteiger partial charge in [0.15, 0.2) is 0 Å². The van der Waals surface area contributed by atoms with Crippen LogP contribution in [0.2, 0.25) is 0 Å². The van der Waals surface area contributed by atoms with E-state index in [0.717, 1.165) is 29.0 Å². The topological polar surface area (TPSA) is 60.2 Å². The summed E-state index contributed by atoms with van der Waals surface area (Å²) in [6.45, 7) is 0.576. The van der Waals surface area contributed by atoms with Crippen molar-refractivity contribution in [1.82, 2.24) is 10.3 Å². The van der Waals surface area contributed by atoms with E-state index in [9.17, 15) is 4.79 Å². The molecule has 1 aromatic heterocycles. The number of aromatic nitrogens is 1. The van der Waals surface area contributed by atoms with Crippen LogP contribution in [0.5, 0.6) is 0 Å². The lowest BCUT2D eigenvalue weighted by molar-refractivity contribution is 0.0955. The van der Waals surface area contributed by atoms with Crippen molar-refractivity contribution in [2.24, 2.45) is 0 Å². The molecule has 3 aromatic carbocycles. The van der Waals surface area contributed by atoms with Gasteiger partial charge in [0.05, 0.1) is 11.3 Å². The number of benzene rings is 3. The lowest BCUT2D eigenvalue weighted by atomic mass is 10.1. The Morgan fingerprint density at radius 2 is 1.67 bits per heavy atom. The summed E-state index contributed by atoms with van der Waals surface area (Å²) < 4.78 is 0. The largest absolute Gasteiger partial charge is 0.378 e. The Bertz CT molecular complexity index is 1150. The number of aromatic amines is 1. The summed E-state index contributed by atoms with van der Waals surface area (Å²) in [5, 5.41) is 7.62. The van der Waals surface area contributed by atoms with Crippen LogP contribution in [0.4, 0.5) is 17.1 Å². The molecule has 1 heterocycles. The van der Waals surface area contributed by atoms with E-state index in [0.29, 0.717) is 12.1 Å². The van der Waals surface area contributed by atoms with Gasteiger partial charge in [0.25, 0.3) is 5.91 Å². The van der Waals surface area contributed by atoms with Crippen molar-refractivity contribution >= 4 is 33.9 Å². The van der Waals surface area contributed by atoms with Gasteiger partial charge in [-0.15, -0.1) is 0 Å². The minimum atomic E-state index is -0.0807. The van der Waals surface area contributed by atoms with Gasteiger partial charge < -0.3 is 20.5 Å². The highest BCUT2D eigenvalue weighted by Crippen LogP contribution is 2.23. The van der Waals surface area contributed by atoms with E-state index in [1.807, 2.05) is 81.0 Å². The first-order valence-corrected chi connectivity index (χ1v) is 10.1. The maximum atomic E-state index is 12.8. The molecule has 5 nitrogen and oxygen atoms in total. The molecule has 4 rings (SSSR count). The van der Waals surface area contributed by atoms with Crippen LogP contribution >= 0.6 is 0 Å². The standard InChI is InChI=1S/C25H26N4O/c1-29(2)20-13-11-19(12-14-20)28-24-10-6-4-8-22(24)25(30)26-16-15-18-17-27-23-9-5-3-7-21(18)23/h3-14,17,27-28H,15-16H2,1-2H3,(H,26,30). The van der Waals surface area contributed by atoms with Crippen molar-refractivity contribution in [1.29, 1.82) is 0 Å². The second kappa shape index (κ2) is 8.74. The molecular weight excluding hydrogens is 372 g/mol. The number of fused-ring (bicyclic) bond motifs is 1. The van der Waals surface area contributed by atoms with Crippen molar-refractivity contribution < 1.29 is 4.79 Å². The smallest absolute Gasteiger partial charge is 0.253 e. The molecule has 0 unspecified atom stereocenters. The fourth-order valence-electron chi connectivity index (χ4n) is 3.53. The Balaban J connectivity index is 1.41. The highest BCUT2D eigenvalue weighted by Gasteiger charge is 2.11. The van der Waals surface area contributed by atoms with E-state index < -0.39 is 0 Å². The van der Waals surface area contributed by atoms with Crippen LogP contribution in [0.1, 0.15) is 15.9 Å². The molecule has 4 aromatic rings. The first-order valence-electron chi connectivity index (χ1n) is 10.1. The maximum Gasteiger partial charge on any atom is 0.253 e. The lowest BCUT2D eigenvalue weighted by Gasteiger charge is -2.15. The molecule has 0 bridgehead atoms. The predicted octanol–water partition coefficient (Wildman–Crippen LogP) is 4.95. The van der Waals surface area contributed by atoms with Gasteiger partial charge in [0, 0.05) is 49.1 Å². The van der Waals surface area contributed by atoms with Crippen molar-refractivity contribution in [2.45, 2.75) is 6.42 Å². The SMILES string of the molecule is CN(C)c1ccc(Nc2ccccc2C(=O)NCCc2c[nH]c3ccccc23)cc1. The number of hydrogen-bond donors (Lipinski definition) is 3. The van der Waals surface area contributed by atoms with E-state index in [1.165, 1.54) is 10.9 Å². The van der Waals surface area contributed by atoms with Crippen molar-refractivity contribution in [2.75, 3.05) is 30.9 Å². The molecule has 0 saturated heterocycles. The first-order chi connectivity index (χ1) is 14.6. The van der Waals surface area contributed by atoms with E-state index in [2.05, 4.69) is 32.7 Å². The van der Waals surface area contributed by atoms with Gasteiger partial charge in [0.2, 0.25) is 0 Å². The van der Waals surface area contributed by atoms with E-state index >= 15 is 0 Å². The molecule has 0 saturated carbocycles. The quantitative estimate of drug-likeness (QED) is 0.413. The van der Waals surface area contributed by atoms with Crippen LogP contribution in [-0.2, 0) is 6.42 Å². The molecule has 0 aliphatic heterocycles. The number of carbonyl (C=O) groups is 1. The third-order valence-electron chi connectivity index (χ3n) is 5.19. The second-order valence-electron chi connectivity index (χ2n) is 7.48. The summed E-state index contributed by atoms with van der Waals surface area (Å²) in [4.78, 5) is 18.2.